The fraction of sp³-hybridized carbons (Fsp3) is 0.143. The summed E-state index contributed by atoms with van der Waals surface area (Å²) in [4.78, 5) is 4.42. The Kier molecular flexibility index (Phi) is 2.97. The molecule has 0 bridgehead atoms. The summed E-state index contributed by atoms with van der Waals surface area (Å²) in [5, 5.41) is 4.40. The first-order valence-electron chi connectivity index (χ1n) is 6.03. The van der Waals surface area contributed by atoms with Gasteiger partial charge < -0.3 is 5.73 Å². The van der Waals surface area contributed by atoms with Crippen LogP contribution in [0.4, 0.5) is 4.39 Å². The van der Waals surface area contributed by atoms with E-state index in [9.17, 15) is 4.39 Å². The van der Waals surface area contributed by atoms with Crippen molar-refractivity contribution < 1.29 is 4.39 Å². The van der Waals surface area contributed by atoms with Crippen molar-refractivity contribution in [2.45, 2.75) is 13.0 Å². The van der Waals surface area contributed by atoms with Crippen LogP contribution in [0.25, 0.3) is 5.65 Å². The summed E-state index contributed by atoms with van der Waals surface area (Å²) in [6.45, 7) is 0.475. The molecule has 0 unspecified atom stereocenters. The Hall–Kier alpha value is -2.27. The second-order valence-corrected chi connectivity index (χ2v) is 4.38. The van der Waals surface area contributed by atoms with Crippen LogP contribution in [0, 0.1) is 5.82 Å². The molecule has 0 atom stereocenters. The number of nitrogens with zero attached hydrogens (tertiary/aromatic N) is 3. The van der Waals surface area contributed by atoms with Crippen LogP contribution in [-0.2, 0) is 13.0 Å². The molecule has 0 radical (unpaired) electrons. The van der Waals surface area contributed by atoms with Crippen LogP contribution in [0.5, 0.6) is 0 Å². The van der Waals surface area contributed by atoms with Gasteiger partial charge >= 0.3 is 0 Å². The minimum Gasteiger partial charge on any atom is -0.326 e. The van der Waals surface area contributed by atoms with E-state index in [0.717, 1.165) is 16.8 Å². The van der Waals surface area contributed by atoms with Gasteiger partial charge in [-0.05, 0) is 29.3 Å². The van der Waals surface area contributed by atoms with Crippen molar-refractivity contribution in [3.63, 3.8) is 0 Å². The van der Waals surface area contributed by atoms with Crippen molar-refractivity contribution in [1.82, 2.24) is 14.6 Å². The molecule has 0 saturated carbocycles. The van der Waals surface area contributed by atoms with Gasteiger partial charge in [-0.2, -0.15) is 5.10 Å². The third-order valence-corrected chi connectivity index (χ3v) is 2.95. The Bertz CT molecular complexity index is 703. The fourth-order valence-electron chi connectivity index (χ4n) is 1.95. The first kappa shape index (κ1) is 11.8. The van der Waals surface area contributed by atoms with Crippen molar-refractivity contribution in [3.8, 4) is 0 Å². The van der Waals surface area contributed by atoms with Crippen LogP contribution in [0.3, 0.4) is 0 Å². The maximum absolute atomic E-state index is 12.8. The fourth-order valence-corrected chi connectivity index (χ4v) is 1.95. The topological polar surface area (TPSA) is 56.2 Å². The molecule has 0 fully saturated rings. The van der Waals surface area contributed by atoms with E-state index in [0.29, 0.717) is 18.8 Å². The van der Waals surface area contributed by atoms with Gasteiger partial charge in [0.05, 0.1) is 0 Å². The van der Waals surface area contributed by atoms with Crippen molar-refractivity contribution in [2.24, 2.45) is 5.73 Å². The number of halogens is 1. The molecule has 19 heavy (non-hydrogen) atoms. The van der Waals surface area contributed by atoms with Gasteiger partial charge in [-0.3, -0.25) is 0 Å². The number of fused-ring (bicyclic) bond motifs is 1. The molecule has 0 aliphatic heterocycles. The van der Waals surface area contributed by atoms with E-state index in [4.69, 9.17) is 5.73 Å². The molecule has 5 heteroatoms. The average Bonchev–Trinajstić information content (AvgIpc) is 2.82. The van der Waals surface area contributed by atoms with Crippen molar-refractivity contribution in [3.05, 3.63) is 65.4 Å². The highest BCUT2D eigenvalue weighted by Gasteiger charge is 2.05. The smallest absolute Gasteiger partial charge is 0.156 e. The summed E-state index contributed by atoms with van der Waals surface area (Å²) in [5.41, 5.74) is 8.36. The van der Waals surface area contributed by atoms with Crippen LogP contribution < -0.4 is 5.73 Å². The molecule has 0 saturated heterocycles. The van der Waals surface area contributed by atoms with Crippen molar-refractivity contribution in [2.75, 3.05) is 0 Å². The van der Waals surface area contributed by atoms with Crippen LogP contribution in [0.2, 0.25) is 0 Å². The zero-order valence-electron chi connectivity index (χ0n) is 10.3. The number of nitrogens with two attached hydrogens (primary N) is 1. The molecule has 3 rings (SSSR count). The van der Waals surface area contributed by atoms with E-state index in [-0.39, 0.29) is 5.82 Å². The van der Waals surface area contributed by atoms with Gasteiger partial charge in [-0.25, -0.2) is 13.9 Å². The second kappa shape index (κ2) is 4.78. The molecule has 2 heterocycles. The Morgan fingerprint density at radius 2 is 1.79 bits per heavy atom. The SMILES string of the molecule is NCc1ccc2nc(Cc3ccc(F)cc3)nn2c1. The van der Waals surface area contributed by atoms with Crippen LogP contribution in [0.15, 0.2) is 42.6 Å². The first-order chi connectivity index (χ1) is 9.24. The standard InChI is InChI=1S/C14H13FN4/c15-12-4-1-10(2-5-12)7-13-17-14-6-3-11(8-16)9-19(14)18-13/h1-6,9H,7-8,16H2. The molecular weight excluding hydrogens is 243 g/mol. The van der Waals surface area contributed by atoms with Gasteiger partial charge in [0.1, 0.15) is 5.82 Å². The molecule has 4 nitrogen and oxygen atoms in total. The number of hydrogen-bond acceptors (Lipinski definition) is 3. The zero-order valence-corrected chi connectivity index (χ0v) is 10.3. The van der Waals surface area contributed by atoms with E-state index in [1.807, 2.05) is 18.3 Å². The van der Waals surface area contributed by atoms with E-state index < -0.39 is 0 Å². The molecule has 0 spiro atoms. The van der Waals surface area contributed by atoms with Gasteiger partial charge in [0.25, 0.3) is 0 Å². The van der Waals surface area contributed by atoms with Gasteiger partial charge in [0.15, 0.2) is 11.5 Å². The first-order valence-corrected chi connectivity index (χ1v) is 6.03. The summed E-state index contributed by atoms with van der Waals surface area (Å²) in [7, 11) is 0. The quantitative estimate of drug-likeness (QED) is 0.779. The molecule has 3 aromatic rings. The summed E-state index contributed by atoms with van der Waals surface area (Å²) in [6.07, 6.45) is 2.45. The lowest BCUT2D eigenvalue weighted by Crippen LogP contribution is -1.99. The summed E-state index contributed by atoms with van der Waals surface area (Å²) < 4.78 is 14.6. The minimum absolute atomic E-state index is 0.237. The highest BCUT2D eigenvalue weighted by Crippen LogP contribution is 2.10. The zero-order chi connectivity index (χ0) is 13.2. The number of hydrogen-bond donors (Lipinski definition) is 1. The van der Waals surface area contributed by atoms with E-state index in [1.54, 1.807) is 16.6 Å². The molecule has 96 valence electrons. The molecule has 2 N–H and O–H groups in total. The van der Waals surface area contributed by atoms with Crippen molar-refractivity contribution >= 4 is 5.65 Å². The Morgan fingerprint density at radius 1 is 1.05 bits per heavy atom. The van der Waals surface area contributed by atoms with E-state index in [2.05, 4.69) is 10.1 Å². The van der Waals surface area contributed by atoms with E-state index >= 15 is 0 Å². The van der Waals surface area contributed by atoms with Crippen LogP contribution >= 0.6 is 0 Å². The minimum atomic E-state index is -0.237. The summed E-state index contributed by atoms with van der Waals surface area (Å²) in [6, 6.07) is 10.2. The molecule has 1 aromatic carbocycles. The third kappa shape index (κ3) is 2.46. The molecule has 0 aliphatic carbocycles. The predicted molar refractivity (Wildman–Crippen MR) is 70.1 cm³/mol. The average molecular weight is 256 g/mol. The molecule has 2 aromatic heterocycles. The normalized spacial score (nSPS) is 11.1. The largest absolute Gasteiger partial charge is 0.326 e. The number of rotatable bonds is 3. The Balaban J connectivity index is 1.90. The second-order valence-electron chi connectivity index (χ2n) is 4.38. The van der Waals surface area contributed by atoms with E-state index in [1.165, 1.54) is 12.1 Å². The summed E-state index contributed by atoms with van der Waals surface area (Å²) >= 11 is 0. The van der Waals surface area contributed by atoms with Gasteiger partial charge in [-0.15, -0.1) is 0 Å². The highest BCUT2D eigenvalue weighted by atomic mass is 19.1. The number of pyridine rings is 1. The van der Waals surface area contributed by atoms with Gasteiger partial charge in [-0.1, -0.05) is 18.2 Å². The predicted octanol–water partition coefficient (Wildman–Crippen LogP) is 1.92. The lowest BCUT2D eigenvalue weighted by molar-refractivity contribution is 0.627. The number of benzene rings is 1. The lowest BCUT2D eigenvalue weighted by atomic mass is 10.1. The maximum Gasteiger partial charge on any atom is 0.156 e. The summed E-state index contributed by atoms with van der Waals surface area (Å²) in [5.74, 6) is 0.472. The van der Waals surface area contributed by atoms with Gasteiger partial charge in [0, 0.05) is 19.2 Å². The van der Waals surface area contributed by atoms with Gasteiger partial charge in [0.2, 0.25) is 0 Å². The highest BCUT2D eigenvalue weighted by molar-refractivity contribution is 5.39. The van der Waals surface area contributed by atoms with Crippen LogP contribution in [-0.4, -0.2) is 14.6 Å². The maximum atomic E-state index is 12.8. The number of aromatic nitrogens is 3. The molecular formula is C14H13FN4. The van der Waals surface area contributed by atoms with Crippen LogP contribution in [0.1, 0.15) is 17.0 Å². The van der Waals surface area contributed by atoms with Crippen molar-refractivity contribution in [1.29, 1.82) is 0 Å². The monoisotopic (exact) mass is 256 g/mol. The third-order valence-electron chi connectivity index (χ3n) is 2.95. The lowest BCUT2D eigenvalue weighted by Gasteiger charge is -1.96. The molecule has 0 aliphatic rings. The Labute approximate surface area is 109 Å². The Morgan fingerprint density at radius 3 is 2.53 bits per heavy atom. The molecule has 0 amide bonds.